The predicted octanol–water partition coefficient (Wildman–Crippen LogP) is 6.24. The van der Waals surface area contributed by atoms with Crippen LogP contribution in [0.2, 0.25) is 0 Å². The predicted molar refractivity (Wildman–Crippen MR) is 142 cm³/mol. The van der Waals surface area contributed by atoms with Crippen molar-refractivity contribution in [2.75, 3.05) is 23.9 Å². The number of thiazole rings is 1. The molecule has 1 fully saturated rings. The zero-order valence-corrected chi connectivity index (χ0v) is 22.1. The Balaban J connectivity index is 1.46. The van der Waals surface area contributed by atoms with Crippen LogP contribution in [0.4, 0.5) is 19.7 Å². The summed E-state index contributed by atoms with van der Waals surface area (Å²) in [5, 5.41) is -0.341. The summed E-state index contributed by atoms with van der Waals surface area (Å²) in [7, 11) is 3.30. The van der Waals surface area contributed by atoms with Crippen LogP contribution < -0.4 is 9.80 Å². The van der Waals surface area contributed by atoms with E-state index in [1.165, 1.54) is 34.8 Å². The first-order valence-corrected chi connectivity index (χ1v) is 13.6. The number of likely N-dealkylation sites (N-methyl/N-ethyl adjacent to an activating group) is 1. The quantitative estimate of drug-likeness (QED) is 0.367. The zero-order valence-electron chi connectivity index (χ0n) is 21.3. The monoisotopic (exact) mass is 524 g/mol. The van der Waals surface area contributed by atoms with Crippen molar-refractivity contribution in [1.82, 2.24) is 9.97 Å². The molecule has 0 N–H and O–H groups in total. The molecule has 1 atom stereocenters. The van der Waals surface area contributed by atoms with Gasteiger partial charge < -0.3 is 0 Å². The second kappa shape index (κ2) is 10.3. The maximum Gasteiger partial charge on any atom is 0.232 e. The van der Waals surface area contributed by atoms with Crippen LogP contribution in [0.15, 0.2) is 30.5 Å². The van der Waals surface area contributed by atoms with Crippen molar-refractivity contribution >= 4 is 34.1 Å². The molecule has 1 aliphatic heterocycles. The third kappa shape index (κ3) is 4.89. The summed E-state index contributed by atoms with van der Waals surface area (Å²) in [6, 6.07) is 5.95. The van der Waals surface area contributed by atoms with Gasteiger partial charge in [-0.2, -0.15) is 4.39 Å². The van der Waals surface area contributed by atoms with Crippen LogP contribution in [0, 0.1) is 22.8 Å². The number of nitrogens with zero attached hydrogens (tertiary/aromatic N) is 4. The van der Waals surface area contributed by atoms with Gasteiger partial charge >= 0.3 is 0 Å². The number of benzene rings is 1. The van der Waals surface area contributed by atoms with Gasteiger partial charge in [-0.3, -0.25) is 19.4 Å². The van der Waals surface area contributed by atoms with Crippen molar-refractivity contribution in [3.63, 3.8) is 0 Å². The minimum Gasteiger partial charge on any atom is -0.299 e. The molecule has 1 aromatic carbocycles. The minimum atomic E-state index is -0.589. The highest BCUT2D eigenvalue weighted by Gasteiger charge is 2.30. The number of carbonyl (C=O) groups is 2. The number of hydrogen-bond acceptors (Lipinski definition) is 5. The molecule has 1 aliphatic carbocycles. The van der Waals surface area contributed by atoms with Crippen LogP contribution in [0.1, 0.15) is 51.0 Å². The molecule has 0 spiro atoms. The molecule has 2 aromatic heterocycles. The van der Waals surface area contributed by atoms with Gasteiger partial charge in [-0.25, -0.2) is 14.4 Å². The first kappa shape index (κ1) is 25.4. The van der Waals surface area contributed by atoms with Gasteiger partial charge in [0.1, 0.15) is 17.3 Å². The number of carbonyl (C=O) groups excluding carboxylic acids is 2. The Morgan fingerprint density at radius 3 is 2.70 bits per heavy atom. The van der Waals surface area contributed by atoms with Crippen molar-refractivity contribution in [3.05, 3.63) is 47.0 Å². The Morgan fingerprint density at radius 2 is 1.97 bits per heavy atom. The van der Waals surface area contributed by atoms with Crippen LogP contribution >= 0.6 is 11.3 Å². The fourth-order valence-electron chi connectivity index (χ4n) is 5.51. The molecule has 0 radical (unpaired) electrons. The maximum absolute atomic E-state index is 15.3. The van der Waals surface area contributed by atoms with E-state index < -0.39 is 10.9 Å². The fraction of sp³-hybridized carbons (Fsp3) is 0.429. The number of aromatic nitrogens is 2. The summed E-state index contributed by atoms with van der Waals surface area (Å²) in [6.07, 6.45) is 8.14. The molecule has 3 heterocycles. The second-order valence-electron chi connectivity index (χ2n) is 10.0. The number of halogens is 2. The highest BCUT2D eigenvalue weighted by Crippen LogP contribution is 2.40. The Hall–Kier alpha value is -3.20. The first-order valence-electron chi connectivity index (χ1n) is 12.8. The van der Waals surface area contributed by atoms with Gasteiger partial charge in [-0.05, 0) is 42.5 Å². The van der Waals surface area contributed by atoms with Crippen molar-refractivity contribution < 1.29 is 18.4 Å². The van der Waals surface area contributed by atoms with Crippen LogP contribution in [-0.4, -0.2) is 35.9 Å². The summed E-state index contributed by atoms with van der Waals surface area (Å²) in [6.45, 7) is 2.01. The average molecular weight is 525 g/mol. The minimum absolute atomic E-state index is 0.00770. The number of rotatable bonds is 7. The van der Waals surface area contributed by atoms with E-state index in [0.29, 0.717) is 22.9 Å². The highest BCUT2D eigenvalue weighted by atomic mass is 32.1. The Kier molecular flexibility index (Phi) is 7.07. The van der Waals surface area contributed by atoms with E-state index in [1.807, 2.05) is 13.0 Å². The Bertz CT molecular complexity index is 1350. The molecule has 0 bridgehead atoms. The average Bonchev–Trinajstić information content (AvgIpc) is 3.61. The van der Waals surface area contributed by atoms with E-state index in [-0.39, 0.29) is 40.5 Å². The lowest BCUT2D eigenvalue weighted by atomic mass is 9.90. The van der Waals surface area contributed by atoms with Crippen LogP contribution in [0.3, 0.4) is 0 Å². The summed E-state index contributed by atoms with van der Waals surface area (Å²) in [5.74, 6) is 0.376. The SMILES string of the molecule is CC[C@H](CC1CCCC1)C(=O)N(C)c1nc(-c2cc(F)ccc2-c2cnc3c(c2)CC(=O)N3C)c(F)s1. The number of anilines is 2. The maximum atomic E-state index is 15.3. The molecule has 6 nitrogen and oxygen atoms in total. The highest BCUT2D eigenvalue weighted by molar-refractivity contribution is 7.14. The van der Waals surface area contributed by atoms with E-state index in [2.05, 4.69) is 9.97 Å². The van der Waals surface area contributed by atoms with Crippen molar-refractivity contribution in [2.45, 2.75) is 51.9 Å². The van der Waals surface area contributed by atoms with E-state index in [4.69, 9.17) is 0 Å². The van der Waals surface area contributed by atoms with Crippen LogP contribution in [-0.2, 0) is 16.0 Å². The lowest BCUT2D eigenvalue weighted by molar-refractivity contribution is -0.122. The summed E-state index contributed by atoms with van der Waals surface area (Å²) in [5.41, 5.74) is 2.22. The van der Waals surface area contributed by atoms with Crippen LogP contribution in [0.5, 0.6) is 0 Å². The van der Waals surface area contributed by atoms with Gasteiger partial charge in [-0.15, -0.1) is 0 Å². The molecule has 37 heavy (non-hydrogen) atoms. The third-order valence-electron chi connectivity index (χ3n) is 7.65. The Morgan fingerprint density at radius 1 is 1.22 bits per heavy atom. The van der Waals surface area contributed by atoms with Gasteiger partial charge in [0.25, 0.3) is 0 Å². The van der Waals surface area contributed by atoms with Crippen molar-refractivity contribution in [3.8, 4) is 22.4 Å². The lowest BCUT2D eigenvalue weighted by Crippen LogP contribution is -2.33. The number of amides is 2. The van der Waals surface area contributed by atoms with Crippen LogP contribution in [0.25, 0.3) is 22.4 Å². The molecule has 9 heteroatoms. The molecule has 194 valence electrons. The molecule has 3 aromatic rings. The number of fused-ring (bicyclic) bond motifs is 1. The molecule has 0 unspecified atom stereocenters. The molecule has 2 aliphatic rings. The Labute approximate surface area is 219 Å². The molecular weight excluding hydrogens is 494 g/mol. The molecule has 0 saturated heterocycles. The summed E-state index contributed by atoms with van der Waals surface area (Å²) in [4.78, 5) is 37.2. The molecule has 5 rings (SSSR count). The standard InChI is InChI=1S/C28H30F2N4O2S/c1-4-17(11-16-7-5-6-8-16)27(36)34(3)28-32-24(25(30)37-28)22-14-20(29)9-10-21(22)19-12-18-13-23(35)33(2)26(18)31-15-19/h9-10,12,14-17H,4-8,11,13H2,1-3H3/t17-/m1/s1. The van der Waals surface area contributed by atoms with Gasteiger partial charge in [0, 0.05) is 42.9 Å². The third-order valence-corrected chi connectivity index (χ3v) is 8.57. The summed E-state index contributed by atoms with van der Waals surface area (Å²) < 4.78 is 29.7. The van der Waals surface area contributed by atoms with Gasteiger partial charge in [0.05, 0.1) is 6.42 Å². The van der Waals surface area contributed by atoms with E-state index in [9.17, 15) is 14.0 Å². The molecule has 1 saturated carbocycles. The number of hydrogen-bond donors (Lipinski definition) is 0. The first-order chi connectivity index (χ1) is 17.8. The summed E-state index contributed by atoms with van der Waals surface area (Å²) >= 11 is 0.785. The lowest BCUT2D eigenvalue weighted by Gasteiger charge is -2.23. The second-order valence-corrected chi connectivity index (χ2v) is 11.0. The van der Waals surface area contributed by atoms with Gasteiger partial charge in [0.2, 0.25) is 16.9 Å². The van der Waals surface area contributed by atoms with Crippen molar-refractivity contribution in [1.29, 1.82) is 0 Å². The smallest absolute Gasteiger partial charge is 0.232 e. The molecule has 2 amide bonds. The number of pyridine rings is 1. The van der Waals surface area contributed by atoms with Gasteiger partial charge in [-0.1, -0.05) is 50.0 Å². The van der Waals surface area contributed by atoms with E-state index in [1.54, 1.807) is 26.4 Å². The molecular formula is C28H30F2N4O2S. The van der Waals surface area contributed by atoms with E-state index >= 15 is 4.39 Å². The van der Waals surface area contributed by atoms with E-state index in [0.717, 1.165) is 42.6 Å². The normalized spacial score (nSPS) is 16.4. The topological polar surface area (TPSA) is 66.4 Å². The van der Waals surface area contributed by atoms with Crippen molar-refractivity contribution in [2.24, 2.45) is 11.8 Å². The van der Waals surface area contributed by atoms with Gasteiger partial charge in [0.15, 0.2) is 5.13 Å². The zero-order chi connectivity index (χ0) is 26.3. The fourth-order valence-corrected chi connectivity index (χ4v) is 6.28. The largest absolute Gasteiger partial charge is 0.299 e.